The van der Waals surface area contributed by atoms with E-state index in [2.05, 4.69) is 5.32 Å². The maximum absolute atomic E-state index is 12.3. The normalized spacial score (nSPS) is 18.8. The molecule has 2 heterocycles. The molecule has 1 N–H and O–H groups in total. The molecular formula is C11H19N3O2S. The van der Waals surface area contributed by atoms with E-state index in [4.69, 9.17) is 0 Å². The van der Waals surface area contributed by atoms with Gasteiger partial charge in [-0.15, -0.1) is 0 Å². The first-order valence-electron chi connectivity index (χ1n) is 5.82. The molecule has 0 aromatic carbocycles. The van der Waals surface area contributed by atoms with Gasteiger partial charge in [0.15, 0.2) is 0 Å². The van der Waals surface area contributed by atoms with Crippen LogP contribution in [-0.2, 0) is 17.1 Å². The highest BCUT2D eigenvalue weighted by Crippen LogP contribution is 2.20. The highest BCUT2D eigenvalue weighted by molar-refractivity contribution is 7.89. The predicted octanol–water partition coefficient (Wildman–Crippen LogP) is 0.398. The largest absolute Gasteiger partial charge is 0.356 e. The van der Waals surface area contributed by atoms with E-state index in [0.717, 1.165) is 25.9 Å². The second-order valence-corrected chi connectivity index (χ2v) is 6.51. The van der Waals surface area contributed by atoms with Gasteiger partial charge >= 0.3 is 0 Å². The van der Waals surface area contributed by atoms with Crippen LogP contribution in [0.4, 0.5) is 0 Å². The van der Waals surface area contributed by atoms with Crippen LogP contribution in [0, 0.1) is 0 Å². The third-order valence-electron chi connectivity index (χ3n) is 3.30. The summed E-state index contributed by atoms with van der Waals surface area (Å²) in [6.45, 7) is 1.78. The summed E-state index contributed by atoms with van der Waals surface area (Å²) in [7, 11) is 0.169. The molecule has 0 saturated carbocycles. The zero-order valence-corrected chi connectivity index (χ0v) is 11.1. The van der Waals surface area contributed by atoms with E-state index < -0.39 is 10.0 Å². The Morgan fingerprint density at radius 2 is 2.06 bits per heavy atom. The molecule has 1 aliphatic heterocycles. The molecule has 1 aliphatic rings. The number of sulfonamides is 1. The third kappa shape index (κ3) is 2.53. The van der Waals surface area contributed by atoms with Gasteiger partial charge in [-0.2, -0.15) is 4.31 Å². The van der Waals surface area contributed by atoms with Gasteiger partial charge in [-0.1, -0.05) is 0 Å². The third-order valence-corrected chi connectivity index (χ3v) is 5.20. The van der Waals surface area contributed by atoms with Crippen molar-refractivity contribution in [2.75, 3.05) is 20.1 Å². The van der Waals surface area contributed by atoms with Crippen molar-refractivity contribution < 1.29 is 8.42 Å². The van der Waals surface area contributed by atoms with Gasteiger partial charge < -0.3 is 9.88 Å². The first-order valence-corrected chi connectivity index (χ1v) is 7.26. The molecule has 17 heavy (non-hydrogen) atoms. The van der Waals surface area contributed by atoms with Gasteiger partial charge in [0, 0.05) is 32.5 Å². The van der Waals surface area contributed by atoms with E-state index in [9.17, 15) is 8.42 Å². The Labute approximate surface area is 102 Å². The minimum absolute atomic E-state index is 0.112. The molecule has 1 fully saturated rings. The molecule has 0 amide bonds. The van der Waals surface area contributed by atoms with E-state index in [1.165, 1.54) is 4.31 Å². The minimum Gasteiger partial charge on any atom is -0.356 e. The van der Waals surface area contributed by atoms with Crippen LogP contribution >= 0.6 is 0 Å². The second-order valence-electron chi connectivity index (χ2n) is 4.52. The van der Waals surface area contributed by atoms with Gasteiger partial charge in [-0.05, 0) is 32.0 Å². The van der Waals surface area contributed by atoms with Crippen molar-refractivity contribution in [1.82, 2.24) is 14.2 Å². The summed E-state index contributed by atoms with van der Waals surface area (Å²) in [6.07, 6.45) is 5.15. The number of nitrogens with one attached hydrogen (secondary N) is 1. The lowest BCUT2D eigenvalue weighted by atomic mass is 10.1. The minimum atomic E-state index is -3.33. The van der Waals surface area contributed by atoms with Crippen LogP contribution < -0.4 is 5.32 Å². The van der Waals surface area contributed by atoms with Crippen molar-refractivity contribution in [2.45, 2.75) is 23.8 Å². The SMILES string of the molecule is CN(C1CCNCC1)S(=O)(=O)c1ccn(C)c1. The summed E-state index contributed by atoms with van der Waals surface area (Å²) >= 11 is 0. The standard InChI is InChI=1S/C11H19N3O2S/c1-13-8-5-11(9-13)17(15,16)14(2)10-3-6-12-7-4-10/h5,8-10,12H,3-4,6-7H2,1-2H3. The Morgan fingerprint density at radius 3 is 2.59 bits per heavy atom. The molecule has 2 rings (SSSR count). The molecule has 6 heteroatoms. The smallest absolute Gasteiger partial charge is 0.244 e. The Morgan fingerprint density at radius 1 is 1.41 bits per heavy atom. The molecule has 5 nitrogen and oxygen atoms in total. The highest BCUT2D eigenvalue weighted by atomic mass is 32.2. The Bertz CT molecular complexity index is 475. The number of rotatable bonds is 3. The lowest BCUT2D eigenvalue weighted by Crippen LogP contribution is -2.43. The van der Waals surface area contributed by atoms with Crippen LogP contribution in [0.15, 0.2) is 23.4 Å². The van der Waals surface area contributed by atoms with E-state index in [1.54, 1.807) is 30.1 Å². The monoisotopic (exact) mass is 257 g/mol. The van der Waals surface area contributed by atoms with Gasteiger partial charge in [0.05, 0.1) is 4.90 Å². The quantitative estimate of drug-likeness (QED) is 0.852. The number of nitrogens with zero attached hydrogens (tertiary/aromatic N) is 2. The topological polar surface area (TPSA) is 54.3 Å². The molecule has 0 aliphatic carbocycles. The highest BCUT2D eigenvalue weighted by Gasteiger charge is 2.29. The lowest BCUT2D eigenvalue weighted by molar-refractivity contribution is 0.296. The summed E-state index contributed by atoms with van der Waals surface area (Å²) in [5.41, 5.74) is 0. The van der Waals surface area contributed by atoms with E-state index in [1.807, 2.05) is 7.05 Å². The van der Waals surface area contributed by atoms with Crippen molar-refractivity contribution >= 4 is 10.0 Å². The average molecular weight is 257 g/mol. The number of hydrogen-bond donors (Lipinski definition) is 1. The molecular weight excluding hydrogens is 238 g/mol. The molecule has 0 spiro atoms. The van der Waals surface area contributed by atoms with Crippen molar-refractivity contribution in [3.63, 3.8) is 0 Å². The van der Waals surface area contributed by atoms with Crippen LogP contribution in [0.5, 0.6) is 0 Å². The summed E-state index contributed by atoms with van der Waals surface area (Å²) in [5, 5.41) is 3.24. The Balaban J connectivity index is 2.20. The molecule has 1 aromatic rings. The van der Waals surface area contributed by atoms with E-state index in [-0.39, 0.29) is 6.04 Å². The first-order chi connectivity index (χ1) is 8.01. The predicted molar refractivity (Wildman–Crippen MR) is 66.3 cm³/mol. The van der Waals surface area contributed by atoms with Crippen molar-refractivity contribution in [3.8, 4) is 0 Å². The lowest BCUT2D eigenvalue weighted by Gasteiger charge is -2.30. The summed E-state index contributed by atoms with van der Waals surface area (Å²) in [6, 6.07) is 1.76. The summed E-state index contributed by atoms with van der Waals surface area (Å²) < 4.78 is 27.9. The van der Waals surface area contributed by atoms with Gasteiger partial charge in [-0.3, -0.25) is 0 Å². The fraction of sp³-hybridized carbons (Fsp3) is 0.636. The number of aromatic nitrogens is 1. The van der Waals surface area contributed by atoms with Gasteiger partial charge in [0.1, 0.15) is 0 Å². The fourth-order valence-corrected chi connectivity index (χ4v) is 3.63. The van der Waals surface area contributed by atoms with Crippen LogP contribution in [-0.4, -0.2) is 43.5 Å². The van der Waals surface area contributed by atoms with Gasteiger partial charge in [0.25, 0.3) is 0 Å². The van der Waals surface area contributed by atoms with E-state index in [0.29, 0.717) is 4.90 Å². The number of piperidine rings is 1. The van der Waals surface area contributed by atoms with Crippen LogP contribution in [0.1, 0.15) is 12.8 Å². The van der Waals surface area contributed by atoms with Crippen molar-refractivity contribution in [1.29, 1.82) is 0 Å². The molecule has 0 bridgehead atoms. The Kier molecular flexibility index (Phi) is 3.56. The number of aryl methyl sites for hydroxylation is 1. The van der Waals surface area contributed by atoms with Crippen molar-refractivity contribution in [2.24, 2.45) is 7.05 Å². The zero-order valence-electron chi connectivity index (χ0n) is 10.3. The molecule has 0 unspecified atom stereocenters. The van der Waals surface area contributed by atoms with E-state index >= 15 is 0 Å². The average Bonchev–Trinajstić information content (AvgIpc) is 2.77. The zero-order chi connectivity index (χ0) is 12.5. The van der Waals surface area contributed by atoms with Gasteiger partial charge in [-0.25, -0.2) is 8.42 Å². The first kappa shape index (κ1) is 12.6. The molecule has 1 aromatic heterocycles. The van der Waals surface area contributed by atoms with Crippen LogP contribution in [0.2, 0.25) is 0 Å². The van der Waals surface area contributed by atoms with Crippen LogP contribution in [0.25, 0.3) is 0 Å². The van der Waals surface area contributed by atoms with Crippen molar-refractivity contribution in [3.05, 3.63) is 18.5 Å². The molecule has 96 valence electrons. The summed E-state index contributed by atoms with van der Waals surface area (Å²) in [5.74, 6) is 0. The second kappa shape index (κ2) is 4.80. The molecule has 0 radical (unpaired) electrons. The Hall–Kier alpha value is -0.850. The maximum Gasteiger partial charge on any atom is 0.244 e. The molecule has 1 saturated heterocycles. The molecule has 0 atom stereocenters. The van der Waals surface area contributed by atoms with Gasteiger partial charge in [0.2, 0.25) is 10.0 Å². The summed E-state index contributed by atoms with van der Waals surface area (Å²) in [4.78, 5) is 0.376. The van der Waals surface area contributed by atoms with Crippen LogP contribution in [0.3, 0.4) is 0 Å². The maximum atomic E-state index is 12.3. The fourth-order valence-electron chi connectivity index (χ4n) is 2.16. The number of hydrogen-bond acceptors (Lipinski definition) is 3.